The van der Waals surface area contributed by atoms with E-state index in [-0.39, 0.29) is 18.1 Å². The van der Waals surface area contributed by atoms with Crippen LogP contribution < -0.4 is 15.3 Å². The van der Waals surface area contributed by atoms with E-state index in [1.165, 1.54) is 10.9 Å². The maximum Gasteiger partial charge on any atom is 0.416 e. The van der Waals surface area contributed by atoms with Gasteiger partial charge in [-0.05, 0) is 42.8 Å². The van der Waals surface area contributed by atoms with Gasteiger partial charge in [0.15, 0.2) is 0 Å². The predicted octanol–water partition coefficient (Wildman–Crippen LogP) is 4.48. The molecule has 3 heterocycles. The highest BCUT2D eigenvalue weighted by Crippen LogP contribution is 2.31. The summed E-state index contributed by atoms with van der Waals surface area (Å²) >= 11 is 0. The normalized spacial score (nSPS) is 11.5. The smallest absolute Gasteiger partial charge is 0.361 e. The zero-order valence-electron chi connectivity index (χ0n) is 17.8. The Hall–Kier alpha value is -4.29. The number of halogens is 4. The van der Waals surface area contributed by atoms with Crippen molar-refractivity contribution in [2.45, 2.75) is 26.6 Å². The number of anilines is 2. The van der Waals surface area contributed by atoms with Crippen molar-refractivity contribution in [3.8, 4) is 11.1 Å². The number of aromatic nitrogens is 4. The van der Waals surface area contributed by atoms with Gasteiger partial charge < -0.3 is 9.84 Å². The molecule has 0 saturated carbocycles. The number of alkyl halides is 3. The van der Waals surface area contributed by atoms with E-state index in [4.69, 9.17) is 9.05 Å². The van der Waals surface area contributed by atoms with Crippen LogP contribution in [0.4, 0.5) is 33.9 Å². The lowest BCUT2D eigenvalue weighted by Crippen LogP contribution is -2.35. The molecule has 0 aliphatic rings. The fourth-order valence-electron chi connectivity index (χ4n) is 3.24. The van der Waals surface area contributed by atoms with Crippen LogP contribution in [0.3, 0.4) is 0 Å². The second-order valence-corrected chi connectivity index (χ2v) is 7.31. The van der Waals surface area contributed by atoms with Crippen LogP contribution >= 0.6 is 0 Å². The molecule has 0 fully saturated rings. The molecule has 0 bridgehead atoms. The molecule has 0 spiro atoms. The van der Waals surface area contributed by atoms with E-state index in [0.717, 1.165) is 22.9 Å². The Kier molecular flexibility index (Phi) is 6.01. The van der Waals surface area contributed by atoms with Crippen LogP contribution in [0.15, 0.2) is 51.8 Å². The van der Waals surface area contributed by atoms with E-state index >= 15 is 0 Å². The van der Waals surface area contributed by atoms with Crippen LogP contribution in [0.2, 0.25) is 0 Å². The van der Waals surface area contributed by atoms with Gasteiger partial charge >= 0.3 is 18.1 Å². The van der Waals surface area contributed by atoms with Crippen LogP contribution in [-0.4, -0.2) is 21.4 Å². The molecule has 0 unspecified atom stereocenters. The van der Waals surface area contributed by atoms with Crippen molar-refractivity contribution in [1.82, 2.24) is 15.4 Å². The highest BCUT2D eigenvalue weighted by molar-refractivity contribution is 5.98. The maximum absolute atomic E-state index is 13.5. The molecule has 34 heavy (non-hydrogen) atoms. The number of nitrogens with one attached hydrogen (secondary N) is 2. The number of pyridine rings is 1. The minimum absolute atomic E-state index is 0.0858. The van der Waals surface area contributed by atoms with Crippen molar-refractivity contribution in [1.29, 1.82) is 0 Å². The molecule has 4 rings (SSSR count). The Morgan fingerprint density at radius 3 is 2.56 bits per heavy atom. The van der Waals surface area contributed by atoms with Crippen molar-refractivity contribution in [2.24, 2.45) is 0 Å². The molecule has 1 aromatic carbocycles. The summed E-state index contributed by atoms with van der Waals surface area (Å²) in [6.07, 6.45) is -1.73. The van der Waals surface area contributed by atoms with E-state index in [0.29, 0.717) is 23.6 Å². The summed E-state index contributed by atoms with van der Waals surface area (Å²) in [6, 6.07) is 4.40. The summed E-state index contributed by atoms with van der Waals surface area (Å²) in [5.74, 6) is -0.549. The maximum atomic E-state index is 13.5. The third-order valence-corrected chi connectivity index (χ3v) is 4.70. The predicted molar refractivity (Wildman–Crippen MR) is 109 cm³/mol. The molecular weight excluding hydrogens is 460 g/mol. The van der Waals surface area contributed by atoms with Gasteiger partial charge in [-0.1, -0.05) is 11.2 Å². The van der Waals surface area contributed by atoms with Crippen molar-refractivity contribution in [3.63, 3.8) is 0 Å². The van der Waals surface area contributed by atoms with E-state index in [9.17, 15) is 22.4 Å². The topological polar surface area (TPSA) is 110 Å². The molecule has 176 valence electrons. The van der Waals surface area contributed by atoms with Crippen LogP contribution in [0.1, 0.15) is 22.7 Å². The van der Waals surface area contributed by atoms with Gasteiger partial charge in [-0.2, -0.15) is 13.2 Å². The number of rotatable bonds is 5. The van der Waals surface area contributed by atoms with Gasteiger partial charge in [0.2, 0.25) is 11.8 Å². The number of amides is 2. The Balaban J connectivity index is 1.38. The van der Waals surface area contributed by atoms with Gasteiger partial charge in [-0.3, -0.25) is 14.8 Å². The molecule has 0 saturated heterocycles. The first kappa shape index (κ1) is 22.9. The fraction of sp³-hybridized carbons (Fsp3) is 0.190. The van der Waals surface area contributed by atoms with Gasteiger partial charge in [0.1, 0.15) is 17.3 Å². The third-order valence-electron chi connectivity index (χ3n) is 4.70. The summed E-state index contributed by atoms with van der Waals surface area (Å²) in [4.78, 5) is 16.5. The SMILES string of the molecule is Cc1noc(C)c1-c1ccc(C[n+]2cc(NC(=O)Nc3cc(F)cc(C(F)(F)F)c3)on2)nc1. The number of urea groups is 1. The van der Waals surface area contributed by atoms with Crippen molar-refractivity contribution in [3.05, 3.63) is 71.3 Å². The quantitative estimate of drug-likeness (QED) is 0.324. The molecule has 0 radical (unpaired) electrons. The van der Waals surface area contributed by atoms with Crippen molar-refractivity contribution >= 4 is 17.6 Å². The van der Waals surface area contributed by atoms with Crippen LogP contribution in [0.5, 0.6) is 0 Å². The number of hydrogen-bond acceptors (Lipinski definition) is 6. The minimum Gasteiger partial charge on any atom is -0.361 e. The molecular formula is C21H17F4N6O3+. The zero-order chi connectivity index (χ0) is 24.5. The molecule has 0 aliphatic carbocycles. The second-order valence-electron chi connectivity index (χ2n) is 7.31. The second kappa shape index (κ2) is 8.92. The van der Waals surface area contributed by atoms with Crippen LogP contribution in [0, 0.1) is 19.7 Å². The lowest BCUT2D eigenvalue weighted by Gasteiger charge is -2.10. The first-order chi connectivity index (χ1) is 16.1. The lowest BCUT2D eigenvalue weighted by molar-refractivity contribution is -0.755. The Morgan fingerprint density at radius 2 is 1.91 bits per heavy atom. The summed E-state index contributed by atoms with van der Waals surface area (Å²) in [7, 11) is 0. The van der Waals surface area contributed by atoms with E-state index in [1.54, 1.807) is 12.3 Å². The number of benzene rings is 1. The first-order valence-electron chi connectivity index (χ1n) is 9.79. The van der Waals surface area contributed by atoms with Crippen LogP contribution in [0.25, 0.3) is 11.1 Å². The lowest BCUT2D eigenvalue weighted by atomic mass is 10.1. The fourth-order valence-corrected chi connectivity index (χ4v) is 3.24. The summed E-state index contributed by atoms with van der Waals surface area (Å²) in [5.41, 5.74) is 1.50. The van der Waals surface area contributed by atoms with Gasteiger partial charge in [0.25, 0.3) is 6.20 Å². The van der Waals surface area contributed by atoms with Crippen molar-refractivity contribution < 1.29 is 36.1 Å². The summed E-state index contributed by atoms with van der Waals surface area (Å²) in [5, 5.41) is 12.1. The average molecular weight is 477 g/mol. The molecule has 13 heteroatoms. The summed E-state index contributed by atoms with van der Waals surface area (Å²) < 4.78 is 63.4. The van der Waals surface area contributed by atoms with E-state index < -0.39 is 23.6 Å². The standard InChI is InChI=1S/C21H16F4N6O3/c1-11-19(12(2)33-29-11)13-3-4-16(26-8-13)9-31-10-18(34-30-31)28-20(32)27-17-6-14(21(23,24)25)5-15(22)7-17/h3-8,10H,9H2,1-2H3,(H-,27,28,30,32)/p+1. The largest absolute Gasteiger partial charge is 0.416 e. The van der Waals surface area contributed by atoms with Gasteiger partial charge in [-0.25, -0.2) is 9.18 Å². The summed E-state index contributed by atoms with van der Waals surface area (Å²) in [6.45, 7) is 3.86. The molecule has 2 amide bonds. The number of nitrogens with zero attached hydrogens (tertiary/aromatic N) is 4. The van der Waals surface area contributed by atoms with Crippen LogP contribution in [-0.2, 0) is 12.7 Å². The Morgan fingerprint density at radius 1 is 1.12 bits per heavy atom. The third kappa shape index (κ3) is 5.19. The van der Waals surface area contributed by atoms with E-state index in [2.05, 4.69) is 26.0 Å². The highest BCUT2D eigenvalue weighted by atomic mass is 19.4. The Labute approximate surface area is 189 Å². The van der Waals surface area contributed by atoms with Crippen molar-refractivity contribution in [2.75, 3.05) is 10.6 Å². The zero-order valence-corrected chi connectivity index (χ0v) is 17.8. The number of carbonyl (C=O) groups is 1. The molecule has 9 nitrogen and oxygen atoms in total. The van der Waals surface area contributed by atoms with E-state index in [1.807, 2.05) is 19.9 Å². The molecule has 2 N–H and O–H groups in total. The molecule has 0 aliphatic heterocycles. The molecule has 0 atom stereocenters. The Bertz CT molecular complexity index is 1310. The monoisotopic (exact) mass is 477 g/mol. The molecule has 3 aromatic heterocycles. The number of aryl methyl sites for hydroxylation is 2. The number of hydrogen-bond donors (Lipinski definition) is 2. The van der Waals surface area contributed by atoms with Gasteiger partial charge in [0.05, 0.1) is 11.3 Å². The van der Waals surface area contributed by atoms with Gasteiger partial charge in [-0.15, -0.1) is 0 Å². The molecule has 4 aromatic rings. The average Bonchev–Trinajstić information content (AvgIpc) is 3.33. The van der Waals surface area contributed by atoms with Gasteiger partial charge in [0, 0.05) is 23.0 Å². The number of carbonyl (C=O) groups excluding carboxylic acids is 1. The minimum atomic E-state index is -4.76. The first-order valence-corrected chi connectivity index (χ1v) is 9.79. The highest BCUT2D eigenvalue weighted by Gasteiger charge is 2.31.